The molecule has 0 amide bonds. The van der Waals surface area contributed by atoms with Gasteiger partial charge in [0.2, 0.25) is 0 Å². The van der Waals surface area contributed by atoms with E-state index in [1.54, 1.807) is 22.9 Å². The standard InChI is InChI=1S/C14H17N3O3/c18-12(19)9-17-8-4-7-11(17)14-15-13(16-20-14)10-5-2-1-3-6-10/h4,7-8,10H,1-3,5-6,9H2,(H,18,19). The van der Waals surface area contributed by atoms with Crippen LogP contribution in [-0.4, -0.2) is 25.8 Å². The Morgan fingerprint density at radius 2 is 2.20 bits per heavy atom. The second-order valence-corrected chi connectivity index (χ2v) is 5.21. The van der Waals surface area contributed by atoms with Crippen LogP contribution in [0.15, 0.2) is 22.9 Å². The van der Waals surface area contributed by atoms with E-state index in [1.807, 2.05) is 0 Å². The maximum atomic E-state index is 10.8. The van der Waals surface area contributed by atoms with Gasteiger partial charge in [-0.2, -0.15) is 4.98 Å². The molecule has 2 aromatic rings. The summed E-state index contributed by atoms with van der Waals surface area (Å²) in [4.78, 5) is 15.3. The first kappa shape index (κ1) is 12.9. The quantitative estimate of drug-likeness (QED) is 0.927. The van der Waals surface area contributed by atoms with Gasteiger partial charge >= 0.3 is 5.97 Å². The zero-order valence-electron chi connectivity index (χ0n) is 11.2. The molecular formula is C14H17N3O3. The molecule has 6 heteroatoms. The Morgan fingerprint density at radius 3 is 2.95 bits per heavy atom. The van der Waals surface area contributed by atoms with E-state index in [2.05, 4.69) is 10.1 Å². The Balaban J connectivity index is 1.82. The van der Waals surface area contributed by atoms with E-state index in [1.165, 1.54) is 19.3 Å². The fourth-order valence-electron chi connectivity index (χ4n) is 2.76. The molecule has 0 unspecified atom stereocenters. The number of aliphatic carboxylic acids is 1. The van der Waals surface area contributed by atoms with Crippen LogP contribution < -0.4 is 0 Å². The van der Waals surface area contributed by atoms with Gasteiger partial charge in [0.05, 0.1) is 0 Å². The van der Waals surface area contributed by atoms with Gasteiger partial charge < -0.3 is 14.2 Å². The highest BCUT2D eigenvalue weighted by molar-refractivity contribution is 5.67. The first-order valence-corrected chi connectivity index (χ1v) is 6.95. The van der Waals surface area contributed by atoms with Crippen LogP contribution in [0, 0.1) is 0 Å². The molecule has 1 aliphatic rings. The summed E-state index contributed by atoms with van der Waals surface area (Å²) in [6.07, 6.45) is 7.62. The van der Waals surface area contributed by atoms with Crippen molar-refractivity contribution in [1.29, 1.82) is 0 Å². The molecule has 2 heterocycles. The fourth-order valence-corrected chi connectivity index (χ4v) is 2.76. The van der Waals surface area contributed by atoms with Crippen molar-refractivity contribution in [3.8, 4) is 11.6 Å². The van der Waals surface area contributed by atoms with Crippen LogP contribution in [0.4, 0.5) is 0 Å². The van der Waals surface area contributed by atoms with Crippen molar-refractivity contribution >= 4 is 5.97 Å². The summed E-state index contributed by atoms with van der Waals surface area (Å²) >= 11 is 0. The Bertz CT molecular complexity index is 596. The maximum Gasteiger partial charge on any atom is 0.323 e. The molecule has 0 aliphatic heterocycles. The van der Waals surface area contributed by atoms with Gasteiger partial charge in [-0.05, 0) is 25.0 Å². The van der Waals surface area contributed by atoms with Gasteiger partial charge in [-0.25, -0.2) is 0 Å². The first-order valence-electron chi connectivity index (χ1n) is 6.95. The van der Waals surface area contributed by atoms with Crippen LogP contribution in [0.1, 0.15) is 43.8 Å². The summed E-state index contributed by atoms with van der Waals surface area (Å²) in [6.45, 7) is -0.108. The molecule has 0 atom stereocenters. The number of carboxylic acids is 1. The third kappa shape index (κ3) is 2.59. The van der Waals surface area contributed by atoms with Crippen LogP contribution in [0.25, 0.3) is 11.6 Å². The van der Waals surface area contributed by atoms with E-state index >= 15 is 0 Å². The van der Waals surface area contributed by atoms with Crippen molar-refractivity contribution in [3.05, 3.63) is 24.2 Å². The highest BCUT2D eigenvalue weighted by Gasteiger charge is 2.22. The third-order valence-electron chi connectivity index (χ3n) is 3.77. The summed E-state index contributed by atoms with van der Waals surface area (Å²) in [5.41, 5.74) is 0.655. The van der Waals surface area contributed by atoms with Crippen molar-refractivity contribution in [2.75, 3.05) is 0 Å². The molecule has 1 N–H and O–H groups in total. The number of rotatable bonds is 4. The Kier molecular flexibility index (Phi) is 3.54. The zero-order valence-corrected chi connectivity index (χ0v) is 11.2. The van der Waals surface area contributed by atoms with E-state index < -0.39 is 5.97 Å². The second-order valence-electron chi connectivity index (χ2n) is 5.21. The van der Waals surface area contributed by atoms with Crippen LogP contribution in [0.5, 0.6) is 0 Å². The number of aromatic nitrogens is 3. The molecule has 3 rings (SSSR count). The average molecular weight is 275 g/mol. The molecule has 0 saturated heterocycles. The normalized spacial score (nSPS) is 16.4. The minimum atomic E-state index is -0.894. The number of carbonyl (C=O) groups is 1. The van der Waals surface area contributed by atoms with Crippen molar-refractivity contribution in [3.63, 3.8) is 0 Å². The lowest BCUT2D eigenvalue weighted by Gasteiger charge is -2.17. The van der Waals surface area contributed by atoms with Crippen molar-refractivity contribution < 1.29 is 14.4 Å². The Morgan fingerprint density at radius 1 is 1.40 bits per heavy atom. The molecule has 1 fully saturated rings. The van der Waals surface area contributed by atoms with Gasteiger partial charge in [-0.1, -0.05) is 24.4 Å². The largest absolute Gasteiger partial charge is 0.480 e. The molecule has 1 saturated carbocycles. The SMILES string of the molecule is O=C(O)Cn1cccc1-c1nc(C2CCCCC2)no1. The van der Waals surface area contributed by atoms with E-state index in [9.17, 15) is 4.79 Å². The Hall–Kier alpha value is -2.11. The van der Waals surface area contributed by atoms with Gasteiger partial charge in [0.1, 0.15) is 12.2 Å². The van der Waals surface area contributed by atoms with Crippen LogP contribution in [0.3, 0.4) is 0 Å². The van der Waals surface area contributed by atoms with Crippen molar-refractivity contribution in [2.45, 2.75) is 44.6 Å². The molecular weight excluding hydrogens is 258 g/mol. The molecule has 0 bridgehead atoms. The third-order valence-corrected chi connectivity index (χ3v) is 3.77. The van der Waals surface area contributed by atoms with E-state index in [-0.39, 0.29) is 6.54 Å². The van der Waals surface area contributed by atoms with Crippen molar-refractivity contribution in [2.24, 2.45) is 0 Å². The highest BCUT2D eigenvalue weighted by Crippen LogP contribution is 2.32. The Labute approximate surface area is 116 Å². The topological polar surface area (TPSA) is 81.1 Å². The van der Waals surface area contributed by atoms with Gasteiger partial charge in [0, 0.05) is 12.1 Å². The predicted octanol–water partition coefficient (Wildman–Crippen LogP) is 2.67. The van der Waals surface area contributed by atoms with Crippen LogP contribution >= 0.6 is 0 Å². The molecule has 20 heavy (non-hydrogen) atoms. The maximum absolute atomic E-state index is 10.8. The molecule has 2 aromatic heterocycles. The first-order chi connectivity index (χ1) is 9.74. The average Bonchev–Trinajstić information content (AvgIpc) is 3.07. The van der Waals surface area contributed by atoms with Gasteiger partial charge in [-0.3, -0.25) is 4.79 Å². The minimum absolute atomic E-state index is 0.108. The number of nitrogens with zero attached hydrogens (tertiary/aromatic N) is 3. The summed E-state index contributed by atoms with van der Waals surface area (Å²) in [6, 6.07) is 3.57. The number of hydrogen-bond acceptors (Lipinski definition) is 4. The number of carboxylic acid groups (broad SMARTS) is 1. The van der Waals surface area contributed by atoms with Crippen LogP contribution in [0.2, 0.25) is 0 Å². The second kappa shape index (κ2) is 5.48. The molecule has 0 radical (unpaired) electrons. The minimum Gasteiger partial charge on any atom is -0.480 e. The van der Waals surface area contributed by atoms with E-state index in [4.69, 9.17) is 9.63 Å². The zero-order chi connectivity index (χ0) is 13.9. The summed E-state index contributed by atoms with van der Waals surface area (Å²) < 4.78 is 6.91. The molecule has 6 nitrogen and oxygen atoms in total. The molecule has 0 spiro atoms. The van der Waals surface area contributed by atoms with E-state index in [0.29, 0.717) is 17.5 Å². The van der Waals surface area contributed by atoms with Crippen LogP contribution in [-0.2, 0) is 11.3 Å². The van der Waals surface area contributed by atoms with Gasteiger partial charge in [0.15, 0.2) is 5.82 Å². The summed E-state index contributed by atoms with van der Waals surface area (Å²) in [5.74, 6) is 0.637. The lowest BCUT2D eigenvalue weighted by molar-refractivity contribution is -0.137. The molecule has 106 valence electrons. The number of hydrogen-bond donors (Lipinski definition) is 1. The highest BCUT2D eigenvalue weighted by atomic mass is 16.5. The monoisotopic (exact) mass is 275 g/mol. The van der Waals surface area contributed by atoms with E-state index in [0.717, 1.165) is 18.7 Å². The lowest BCUT2D eigenvalue weighted by atomic mass is 9.89. The summed E-state index contributed by atoms with van der Waals surface area (Å²) in [5, 5.41) is 12.9. The van der Waals surface area contributed by atoms with Gasteiger partial charge in [-0.15, -0.1) is 0 Å². The predicted molar refractivity (Wildman–Crippen MR) is 71.2 cm³/mol. The van der Waals surface area contributed by atoms with Crippen molar-refractivity contribution in [1.82, 2.24) is 14.7 Å². The molecule has 0 aromatic carbocycles. The molecule has 1 aliphatic carbocycles. The lowest BCUT2D eigenvalue weighted by Crippen LogP contribution is -2.09. The van der Waals surface area contributed by atoms with Gasteiger partial charge in [0.25, 0.3) is 5.89 Å². The summed E-state index contributed by atoms with van der Waals surface area (Å²) in [7, 11) is 0. The smallest absolute Gasteiger partial charge is 0.323 e. The fraction of sp³-hybridized carbons (Fsp3) is 0.500.